The second-order valence-electron chi connectivity index (χ2n) is 9.03. The molecule has 222 valence electrons. The number of ether oxygens (including phenoxy) is 3. The molecule has 0 saturated carbocycles. The molecule has 0 spiro atoms. The van der Waals surface area contributed by atoms with Gasteiger partial charge in [0.1, 0.15) is 28.7 Å². The predicted octanol–water partition coefficient (Wildman–Crippen LogP) is 4.59. The number of carbonyl (C=O) groups is 3. The van der Waals surface area contributed by atoms with Gasteiger partial charge in [-0.15, -0.1) is 0 Å². The Morgan fingerprint density at radius 3 is 1.74 bits per heavy atom. The summed E-state index contributed by atoms with van der Waals surface area (Å²) < 4.78 is 48.1. The zero-order valence-electron chi connectivity index (χ0n) is 23.4. The summed E-state index contributed by atoms with van der Waals surface area (Å²) in [6.07, 6.45) is 2.64. The number of nitrogens with zero attached hydrogens (tertiary/aromatic N) is 1. The van der Waals surface area contributed by atoms with Crippen LogP contribution in [-0.2, 0) is 4.57 Å². The monoisotopic (exact) mass is 598 g/mol. The number of aldehydes is 3. The SMILES string of the molecule is COc1cc(OP(=O)(Oc2ccc(C=O)c(OC)c2)Oc2cc(C=O)c(OC)cc2N2CCCNCC2)ccc1C=O. The average Bonchev–Trinajstić information content (AvgIpc) is 3.30. The van der Waals surface area contributed by atoms with Gasteiger partial charge in [0.25, 0.3) is 0 Å². The van der Waals surface area contributed by atoms with Crippen LogP contribution in [0.25, 0.3) is 0 Å². The molecular formula is C29H31N2O10P. The summed E-state index contributed by atoms with van der Waals surface area (Å²) in [5.74, 6) is 0.748. The third-order valence-electron chi connectivity index (χ3n) is 6.43. The first kappa shape index (κ1) is 30.4. The van der Waals surface area contributed by atoms with Crippen LogP contribution in [0, 0.1) is 0 Å². The lowest BCUT2D eigenvalue weighted by Crippen LogP contribution is -2.28. The molecule has 0 atom stereocenters. The summed E-state index contributed by atoms with van der Waals surface area (Å²) >= 11 is 0. The second kappa shape index (κ2) is 13.9. The number of hydrogen-bond donors (Lipinski definition) is 1. The number of carbonyl (C=O) groups excluding carboxylic acids is 3. The Morgan fingerprint density at radius 1 is 0.667 bits per heavy atom. The number of benzene rings is 3. The van der Waals surface area contributed by atoms with Crippen molar-refractivity contribution in [3.05, 3.63) is 65.2 Å². The van der Waals surface area contributed by atoms with Gasteiger partial charge in [0.2, 0.25) is 0 Å². The summed E-state index contributed by atoms with van der Waals surface area (Å²) in [5.41, 5.74) is 1.16. The molecule has 0 radical (unpaired) electrons. The smallest absolute Gasteiger partial charge is 0.496 e. The summed E-state index contributed by atoms with van der Waals surface area (Å²) in [6.45, 7) is 2.75. The molecule has 12 nitrogen and oxygen atoms in total. The molecule has 13 heteroatoms. The van der Waals surface area contributed by atoms with Crippen molar-refractivity contribution in [1.82, 2.24) is 5.32 Å². The lowest BCUT2D eigenvalue weighted by Gasteiger charge is -2.27. The molecule has 0 bridgehead atoms. The molecule has 1 heterocycles. The van der Waals surface area contributed by atoms with E-state index in [1.54, 1.807) is 6.07 Å². The van der Waals surface area contributed by atoms with E-state index in [2.05, 4.69) is 5.32 Å². The van der Waals surface area contributed by atoms with E-state index in [4.69, 9.17) is 27.8 Å². The van der Waals surface area contributed by atoms with Crippen LogP contribution in [-0.4, -0.2) is 66.4 Å². The third-order valence-corrected chi connectivity index (χ3v) is 7.72. The van der Waals surface area contributed by atoms with Gasteiger partial charge in [-0.05, 0) is 43.3 Å². The second-order valence-corrected chi connectivity index (χ2v) is 10.5. The Balaban J connectivity index is 1.82. The van der Waals surface area contributed by atoms with Crippen LogP contribution < -0.4 is 38.0 Å². The van der Waals surface area contributed by atoms with Gasteiger partial charge in [-0.2, -0.15) is 4.57 Å². The van der Waals surface area contributed by atoms with Crippen molar-refractivity contribution >= 4 is 32.4 Å². The topological polar surface area (TPSA) is 139 Å². The minimum Gasteiger partial charge on any atom is -0.496 e. The molecule has 1 N–H and O–H groups in total. The largest absolute Gasteiger partial charge is 0.647 e. The van der Waals surface area contributed by atoms with Gasteiger partial charge in [0.05, 0.1) is 43.7 Å². The number of anilines is 1. The fourth-order valence-electron chi connectivity index (χ4n) is 4.37. The number of nitrogens with one attached hydrogen (secondary N) is 1. The van der Waals surface area contributed by atoms with Crippen LogP contribution in [0.4, 0.5) is 5.69 Å². The van der Waals surface area contributed by atoms with E-state index in [1.807, 2.05) is 4.90 Å². The first-order chi connectivity index (χ1) is 20.4. The van der Waals surface area contributed by atoms with E-state index in [-0.39, 0.29) is 45.4 Å². The molecule has 0 amide bonds. The first-order valence-electron chi connectivity index (χ1n) is 12.9. The number of phosphoric acid groups is 1. The quantitative estimate of drug-likeness (QED) is 0.217. The third kappa shape index (κ3) is 7.02. The minimum atomic E-state index is -4.62. The Hall–Kier alpha value is -4.54. The molecule has 0 aromatic heterocycles. The van der Waals surface area contributed by atoms with Gasteiger partial charge in [-0.25, -0.2) is 0 Å². The van der Waals surface area contributed by atoms with Crippen molar-refractivity contribution in [1.29, 1.82) is 0 Å². The van der Waals surface area contributed by atoms with Gasteiger partial charge in [-0.1, -0.05) is 0 Å². The van der Waals surface area contributed by atoms with Gasteiger partial charge in [-0.3, -0.25) is 14.4 Å². The molecule has 3 aromatic rings. The van der Waals surface area contributed by atoms with E-state index in [0.29, 0.717) is 49.9 Å². The normalized spacial score (nSPS) is 13.4. The van der Waals surface area contributed by atoms with Crippen LogP contribution in [0.3, 0.4) is 0 Å². The first-order valence-corrected chi connectivity index (χ1v) is 14.4. The molecule has 4 rings (SSSR count). The van der Waals surface area contributed by atoms with E-state index in [9.17, 15) is 18.9 Å². The Morgan fingerprint density at radius 2 is 1.21 bits per heavy atom. The lowest BCUT2D eigenvalue weighted by atomic mass is 10.1. The van der Waals surface area contributed by atoms with Crippen molar-refractivity contribution in [3.63, 3.8) is 0 Å². The maximum Gasteiger partial charge on any atom is 0.647 e. The van der Waals surface area contributed by atoms with Crippen LogP contribution in [0.2, 0.25) is 0 Å². The van der Waals surface area contributed by atoms with E-state index < -0.39 is 7.82 Å². The number of rotatable bonds is 13. The molecule has 1 aliphatic heterocycles. The molecule has 1 fully saturated rings. The number of methoxy groups -OCH3 is 3. The van der Waals surface area contributed by atoms with Crippen molar-refractivity contribution in [2.45, 2.75) is 6.42 Å². The molecule has 1 aliphatic rings. The summed E-state index contributed by atoms with van der Waals surface area (Å²) in [6, 6.07) is 11.5. The number of phosphoric ester groups is 1. The minimum absolute atomic E-state index is 0.0157. The van der Waals surface area contributed by atoms with Crippen LogP contribution in [0.15, 0.2) is 48.5 Å². The van der Waals surface area contributed by atoms with Crippen LogP contribution >= 0.6 is 7.82 Å². The van der Waals surface area contributed by atoms with E-state index in [1.165, 1.54) is 63.8 Å². The Kier molecular flexibility index (Phi) is 10.1. The lowest BCUT2D eigenvalue weighted by molar-refractivity contribution is 0.111. The number of hydrogen-bond acceptors (Lipinski definition) is 12. The van der Waals surface area contributed by atoms with Crippen molar-refractivity contribution in [2.75, 3.05) is 52.4 Å². The van der Waals surface area contributed by atoms with Gasteiger partial charge < -0.3 is 38.0 Å². The molecule has 3 aromatic carbocycles. The molecule has 0 unspecified atom stereocenters. The van der Waals surface area contributed by atoms with Crippen molar-refractivity contribution in [3.8, 4) is 34.5 Å². The summed E-state index contributed by atoms with van der Waals surface area (Å²) in [4.78, 5) is 36.7. The van der Waals surface area contributed by atoms with Crippen LogP contribution in [0.1, 0.15) is 37.5 Å². The van der Waals surface area contributed by atoms with Gasteiger partial charge in [0, 0.05) is 37.8 Å². The summed E-state index contributed by atoms with van der Waals surface area (Å²) in [5, 5.41) is 3.32. The standard InChI is InChI=1S/C29H31N2O10P/c1-36-26-14-23(7-5-20(26)17-32)39-42(35,40-24-8-6-21(18-33)27(15-24)37-2)41-29-13-22(19-34)28(38-3)16-25(29)31-11-4-9-30-10-12-31/h5-8,13-19,30H,4,9-12H2,1-3H3. The van der Waals surface area contributed by atoms with Crippen LogP contribution in [0.5, 0.6) is 34.5 Å². The zero-order chi connectivity index (χ0) is 30.1. The average molecular weight is 599 g/mol. The molecule has 1 saturated heterocycles. The van der Waals surface area contributed by atoms with Gasteiger partial charge in [0.15, 0.2) is 24.6 Å². The fraction of sp³-hybridized carbons (Fsp3) is 0.276. The highest BCUT2D eigenvalue weighted by molar-refractivity contribution is 7.49. The summed E-state index contributed by atoms with van der Waals surface area (Å²) in [7, 11) is -0.427. The van der Waals surface area contributed by atoms with Crippen molar-refractivity contribution < 1.29 is 46.7 Å². The van der Waals surface area contributed by atoms with E-state index in [0.717, 1.165) is 13.0 Å². The highest BCUT2D eigenvalue weighted by Crippen LogP contribution is 2.53. The molecular weight excluding hydrogens is 567 g/mol. The molecule has 0 aliphatic carbocycles. The fourth-order valence-corrected chi connectivity index (χ4v) is 5.61. The maximum absolute atomic E-state index is 14.4. The van der Waals surface area contributed by atoms with Gasteiger partial charge >= 0.3 is 7.82 Å². The molecule has 42 heavy (non-hydrogen) atoms. The predicted molar refractivity (Wildman–Crippen MR) is 154 cm³/mol. The zero-order valence-corrected chi connectivity index (χ0v) is 24.3. The Labute approximate surface area is 243 Å². The highest BCUT2D eigenvalue weighted by Gasteiger charge is 2.36. The maximum atomic E-state index is 14.4. The Bertz CT molecular complexity index is 1420. The van der Waals surface area contributed by atoms with Crippen molar-refractivity contribution in [2.24, 2.45) is 0 Å². The van der Waals surface area contributed by atoms with E-state index >= 15 is 0 Å². The highest BCUT2D eigenvalue weighted by atomic mass is 31.2.